The number of hydrogen-bond donors (Lipinski definition) is 1. The van der Waals surface area contributed by atoms with Gasteiger partial charge in [0.15, 0.2) is 5.75 Å². The predicted octanol–water partition coefficient (Wildman–Crippen LogP) is 0.357. The van der Waals surface area contributed by atoms with Crippen molar-refractivity contribution in [3.05, 3.63) is 28.6 Å². The summed E-state index contributed by atoms with van der Waals surface area (Å²) >= 11 is 0. The number of hydrogen-bond acceptors (Lipinski definition) is 6. The third-order valence-corrected chi connectivity index (χ3v) is 2.39. The summed E-state index contributed by atoms with van der Waals surface area (Å²) in [5, 5.41) is 13.9. The van der Waals surface area contributed by atoms with Gasteiger partial charge in [-0.25, -0.2) is 0 Å². The first-order valence-corrected chi connectivity index (χ1v) is 5.31. The lowest BCUT2D eigenvalue weighted by Gasteiger charge is -2.23. The molecule has 1 aliphatic heterocycles. The second-order valence-electron chi connectivity index (χ2n) is 3.61. The van der Waals surface area contributed by atoms with Crippen molar-refractivity contribution in [2.24, 2.45) is 0 Å². The summed E-state index contributed by atoms with van der Waals surface area (Å²) in [5.41, 5.74) is -0.128. The number of nitro groups is 1. The number of morpholine rings is 1. The number of nitrogens with one attached hydrogen (secondary N) is 1. The average molecular weight is 239 g/mol. The van der Waals surface area contributed by atoms with Crippen LogP contribution in [0.2, 0.25) is 0 Å². The van der Waals surface area contributed by atoms with Crippen LogP contribution in [0.5, 0.6) is 5.75 Å². The Morgan fingerprint density at radius 3 is 3.29 bits per heavy atom. The topological polar surface area (TPSA) is 86.5 Å². The molecule has 92 valence electrons. The van der Waals surface area contributed by atoms with E-state index in [1.165, 1.54) is 18.5 Å². The smallest absolute Gasteiger partial charge is 0.329 e. The molecular formula is C10H13N3O4. The van der Waals surface area contributed by atoms with Crippen molar-refractivity contribution in [2.75, 3.05) is 26.3 Å². The van der Waals surface area contributed by atoms with Gasteiger partial charge >= 0.3 is 5.69 Å². The standard InChI is InChI=1S/C10H13N3O4/c14-13(15)9-6-11-2-1-10(9)17-7-8-5-12-3-4-16-8/h1-2,6,8,12H,3-5,7H2. The molecule has 0 amide bonds. The fraction of sp³-hybridized carbons (Fsp3) is 0.500. The van der Waals surface area contributed by atoms with Crippen molar-refractivity contribution >= 4 is 5.69 Å². The van der Waals surface area contributed by atoms with E-state index in [1.807, 2.05) is 0 Å². The Labute approximate surface area is 97.9 Å². The van der Waals surface area contributed by atoms with E-state index in [0.29, 0.717) is 13.2 Å². The van der Waals surface area contributed by atoms with Gasteiger partial charge in [0, 0.05) is 25.4 Å². The van der Waals surface area contributed by atoms with E-state index < -0.39 is 4.92 Å². The minimum atomic E-state index is -0.512. The summed E-state index contributed by atoms with van der Waals surface area (Å²) in [4.78, 5) is 13.9. The van der Waals surface area contributed by atoms with E-state index in [-0.39, 0.29) is 24.1 Å². The molecule has 1 aliphatic rings. The molecule has 1 aromatic heterocycles. The number of nitrogens with zero attached hydrogens (tertiary/aromatic N) is 2. The minimum absolute atomic E-state index is 0.0727. The van der Waals surface area contributed by atoms with Crippen LogP contribution in [0, 0.1) is 10.1 Å². The Morgan fingerprint density at radius 1 is 1.71 bits per heavy atom. The van der Waals surface area contributed by atoms with Crippen molar-refractivity contribution < 1.29 is 14.4 Å². The Morgan fingerprint density at radius 2 is 2.59 bits per heavy atom. The zero-order valence-corrected chi connectivity index (χ0v) is 9.17. The van der Waals surface area contributed by atoms with Crippen molar-refractivity contribution in [2.45, 2.75) is 6.10 Å². The number of rotatable bonds is 4. The molecule has 1 N–H and O–H groups in total. The molecule has 2 heterocycles. The van der Waals surface area contributed by atoms with Gasteiger partial charge in [-0.05, 0) is 0 Å². The average Bonchev–Trinajstić information content (AvgIpc) is 2.38. The van der Waals surface area contributed by atoms with E-state index in [9.17, 15) is 10.1 Å². The summed E-state index contributed by atoms with van der Waals surface area (Å²) in [5.74, 6) is 0.221. The third-order valence-electron chi connectivity index (χ3n) is 2.39. The molecule has 1 saturated heterocycles. The Hall–Kier alpha value is -1.73. The maximum absolute atomic E-state index is 10.7. The molecule has 0 radical (unpaired) electrons. The summed E-state index contributed by atoms with van der Waals surface area (Å²) < 4.78 is 10.8. The largest absolute Gasteiger partial charge is 0.484 e. The molecule has 0 saturated carbocycles. The maximum Gasteiger partial charge on any atom is 0.329 e. The van der Waals surface area contributed by atoms with Crippen LogP contribution in [0.1, 0.15) is 0 Å². The Balaban J connectivity index is 1.96. The van der Waals surface area contributed by atoms with Crippen LogP contribution in [0.25, 0.3) is 0 Å². The molecule has 0 bridgehead atoms. The normalized spacial score (nSPS) is 19.9. The Kier molecular flexibility index (Phi) is 3.84. The van der Waals surface area contributed by atoms with Gasteiger partial charge in [-0.15, -0.1) is 0 Å². The molecule has 0 aliphatic carbocycles. The third kappa shape index (κ3) is 3.11. The molecule has 1 unspecified atom stereocenters. The summed E-state index contributed by atoms with van der Waals surface area (Å²) in [7, 11) is 0. The van der Waals surface area contributed by atoms with Gasteiger partial charge in [-0.3, -0.25) is 15.1 Å². The van der Waals surface area contributed by atoms with Gasteiger partial charge in [-0.1, -0.05) is 0 Å². The summed E-state index contributed by atoms with van der Waals surface area (Å²) in [6, 6.07) is 1.48. The van der Waals surface area contributed by atoms with Gasteiger partial charge in [0.2, 0.25) is 0 Å². The highest BCUT2D eigenvalue weighted by Crippen LogP contribution is 2.24. The lowest BCUT2D eigenvalue weighted by Crippen LogP contribution is -2.41. The molecular weight excluding hydrogens is 226 g/mol. The summed E-state index contributed by atoms with van der Waals surface area (Å²) in [6.45, 7) is 2.44. The van der Waals surface area contributed by atoms with E-state index in [4.69, 9.17) is 9.47 Å². The lowest BCUT2D eigenvalue weighted by atomic mass is 10.3. The highest BCUT2D eigenvalue weighted by Gasteiger charge is 2.18. The molecule has 7 nitrogen and oxygen atoms in total. The maximum atomic E-state index is 10.7. The van der Waals surface area contributed by atoms with Crippen LogP contribution in [0.15, 0.2) is 18.5 Å². The lowest BCUT2D eigenvalue weighted by molar-refractivity contribution is -0.386. The van der Waals surface area contributed by atoms with Gasteiger partial charge in [0.25, 0.3) is 0 Å². The first-order chi connectivity index (χ1) is 8.27. The predicted molar refractivity (Wildman–Crippen MR) is 59.0 cm³/mol. The SMILES string of the molecule is O=[N+]([O-])c1cnccc1OCC1CNCCO1. The van der Waals surface area contributed by atoms with Crippen LogP contribution in [0.3, 0.4) is 0 Å². The van der Waals surface area contributed by atoms with Crippen molar-refractivity contribution in [1.29, 1.82) is 0 Å². The molecule has 1 aromatic rings. The molecule has 1 fully saturated rings. The zero-order valence-electron chi connectivity index (χ0n) is 9.17. The highest BCUT2D eigenvalue weighted by atomic mass is 16.6. The molecule has 0 aromatic carbocycles. The van der Waals surface area contributed by atoms with Crippen molar-refractivity contribution in [3.8, 4) is 5.75 Å². The molecule has 17 heavy (non-hydrogen) atoms. The molecule has 0 spiro atoms. The van der Waals surface area contributed by atoms with E-state index in [0.717, 1.165) is 6.54 Å². The van der Waals surface area contributed by atoms with Gasteiger partial charge in [0.1, 0.15) is 18.9 Å². The zero-order chi connectivity index (χ0) is 12.1. The molecule has 7 heteroatoms. The van der Waals surface area contributed by atoms with E-state index in [2.05, 4.69) is 10.3 Å². The van der Waals surface area contributed by atoms with Gasteiger partial charge in [-0.2, -0.15) is 0 Å². The number of ether oxygens (including phenoxy) is 2. The van der Waals surface area contributed by atoms with E-state index >= 15 is 0 Å². The van der Waals surface area contributed by atoms with Crippen molar-refractivity contribution in [1.82, 2.24) is 10.3 Å². The Bertz CT molecular complexity index is 393. The van der Waals surface area contributed by atoms with Crippen LogP contribution in [-0.4, -0.2) is 42.3 Å². The minimum Gasteiger partial charge on any atom is -0.484 e. The second kappa shape index (κ2) is 5.55. The highest BCUT2D eigenvalue weighted by molar-refractivity contribution is 5.42. The van der Waals surface area contributed by atoms with E-state index in [1.54, 1.807) is 0 Å². The number of aromatic nitrogens is 1. The van der Waals surface area contributed by atoms with Crippen LogP contribution in [0.4, 0.5) is 5.69 Å². The van der Waals surface area contributed by atoms with Crippen LogP contribution in [-0.2, 0) is 4.74 Å². The van der Waals surface area contributed by atoms with Crippen LogP contribution >= 0.6 is 0 Å². The van der Waals surface area contributed by atoms with Gasteiger partial charge < -0.3 is 14.8 Å². The monoisotopic (exact) mass is 239 g/mol. The van der Waals surface area contributed by atoms with Gasteiger partial charge in [0.05, 0.1) is 11.5 Å². The molecule has 1 atom stereocenters. The van der Waals surface area contributed by atoms with Crippen LogP contribution < -0.4 is 10.1 Å². The fourth-order valence-corrected chi connectivity index (χ4v) is 1.54. The number of pyridine rings is 1. The first kappa shape index (κ1) is 11.7. The fourth-order valence-electron chi connectivity index (χ4n) is 1.54. The summed E-state index contributed by atoms with van der Waals surface area (Å²) in [6.07, 6.45) is 2.56. The first-order valence-electron chi connectivity index (χ1n) is 5.31. The van der Waals surface area contributed by atoms with Crippen molar-refractivity contribution in [3.63, 3.8) is 0 Å². The quantitative estimate of drug-likeness (QED) is 0.603. The second-order valence-corrected chi connectivity index (χ2v) is 3.61. The molecule has 2 rings (SSSR count).